The zero-order chi connectivity index (χ0) is 14.1. The summed E-state index contributed by atoms with van der Waals surface area (Å²) in [6, 6.07) is 0. The number of nitrogens with one attached hydrogen (secondary N) is 1. The smallest absolute Gasteiger partial charge is 0.0809 e. The molecule has 1 N–H and O–H groups in total. The summed E-state index contributed by atoms with van der Waals surface area (Å²) in [4.78, 5) is 0. The lowest BCUT2D eigenvalue weighted by molar-refractivity contribution is -0.112. The van der Waals surface area contributed by atoms with Gasteiger partial charge in [-0.2, -0.15) is 0 Å². The van der Waals surface area contributed by atoms with Gasteiger partial charge in [0, 0.05) is 6.54 Å². The first kappa shape index (κ1) is 17.0. The van der Waals surface area contributed by atoms with E-state index >= 15 is 0 Å². The Hall–Kier alpha value is -0.0800. The van der Waals surface area contributed by atoms with Gasteiger partial charge in [-0.05, 0) is 52.0 Å². The standard InChI is InChI=1S/C17H35NO/c1-5-6-7-8-9-16(3)19-17(14-18-4)12-10-15(2)11-13-17/h15-16,18H,5-14H2,1-4H3. The summed E-state index contributed by atoms with van der Waals surface area (Å²) in [5, 5.41) is 3.35. The molecule has 0 aromatic carbocycles. The molecule has 1 rings (SSSR count). The Balaban J connectivity index is 2.35. The molecule has 19 heavy (non-hydrogen) atoms. The minimum Gasteiger partial charge on any atom is -0.371 e. The molecule has 2 nitrogen and oxygen atoms in total. The Morgan fingerprint density at radius 1 is 1.21 bits per heavy atom. The molecule has 1 atom stereocenters. The van der Waals surface area contributed by atoms with E-state index in [1.165, 1.54) is 57.8 Å². The minimum atomic E-state index is 0.117. The van der Waals surface area contributed by atoms with Gasteiger partial charge in [0.05, 0.1) is 11.7 Å². The maximum Gasteiger partial charge on any atom is 0.0809 e. The van der Waals surface area contributed by atoms with E-state index in [-0.39, 0.29) is 5.60 Å². The molecule has 114 valence electrons. The Morgan fingerprint density at radius 2 is 1.89 bits per heavy atom. The third-order valence-corrected chi connectivity index (χ3v) is 4.60. The minimum absolute atomic E-state index is 0.117. The van der Waals surface area contributed by atoms with Crippen molar-refractivity contribution in [2.24, 2.45) is 5.92 Å². The van der Waals surface area contributed by atoms with E-state index in [9.17, 15) is 0 Å². The van der Waals surface area contributed by atoms with Crippen LogP contribution in [0.25, 0.3) is 0 Å². The van der Waals surface area contributed by atoms with Crippen LogP contribution < -0.4 is 5.32 Å². The molecule has 1 fully saturated rings. The van der Waals surface area contributed by atoms with Crippen LogP contribution in [-0.4, -0.2) is 25.3 Å². The highest BCUT2D eigenvalue weighted by Gasteiger charge is 2.35. The van der Waals surface area contributed by atoms with Crippen molar-refractivity contribution in [2.45, 2.75) is 90.3 Å². The van der Waals surface area contributed by atoms with Crippen molar-refractivity contribution >= 4 is 0 Å². The lowest BCUT2D eigenvalue weighted by atomic mass is 9.79. The van der Waals surface area contributed by atoms with Crippen LogP contribution in [0.3, 0.4) is 0 Å². The molecular weight excluding hydrogens is 234 g/mol. The van der Waals surface area contributed by atoms with Crippen molar-refractivity contribution in [1.29, 1.82) is 0 Å². The number of likely N-dealkylation sites (N-methyl/N-ethyl adjacent to an activating group) is 1. The van der Waals surface area contributed by atoms with Gasteiger partial charge in [-0.25, -0.2) is 0 Å². The van der Waals surface area contributed by atoms with Gasteiger partial charge in [-0.3, -0.25) is 0 Å². The van der Waals surface area contributed by atoms with E-state index in [1.54, 1.807) is 0 Å². The molecule has 0 spiro atoms. The number of hydrogen-bond acceptors (Lipinski definition) is 2. The van der Waals surface area contributed by atoms with E-state index in [1.807, 2.05) is 0 Å². The third kappa shape index (κ3) is 6.27. The highest BCUT2D eigenvalue weighted by molar-refractivity contribution is 4.89. The quantitative estimate of drug-likeness (QED) is 0.621. The summed E-state index contributed by atoms with van der Waals surface area (Å²) < 4.78 is 6.49. The molecule has 0 radical (unpaired) electrons. The average molecular weight is 269 g/mol. The van der Waals surface area contributed by atoms with Gasteiger partial charge >= 0.3 is 0 Å². The van der Waals surface area contributed by atoms with Gasteiger partial charge in [0.25, 0.3) is 0 Å². The Morgan fingerprint density at radius 3 is 2.47 bits per heavy atom. The predicted molar refractivity (Wildman–Crippen MR) is 83.6 cm³/mol. The van der Waals surface area contributed by atoms with Crippen molar-refractivity contribution in [3.8, 4) is 0 Å². The average Bonchev–Trinajstić information content (AvgIpc) is 2.39. The van der Waals surface area contributed by atoms with Crippen molar-refractivity contribution < 1.29 is 4.74 Å². The van der Waals surface area contributed by atoms with Crippen molar-refractivity contribution in [1.82, 2.24) is 5.32 Å². The number of rotatable bonds is 9. The molecule has 0 bridgehead atoms. The fraction of sp³-hybridized carbons (Fsp3) is 1.00. The highest BCUT2D eigenvalue weighted by atomic mass is 16.5. The first-order chi connectivity index (χ1) is 9.12. The molecule has 1 aliphatic carbocycles. The molecule has 2 heteroatoms. The molecule has 0 aromatic heterocycles. The molecule has 0 aromatic rings. The van der Waals surface area contributed by atoms with E-state index in [0.717, 1.165) is 12.5 Å². The van der Waals surface area contributed by atoms with Crippen LogP contribution in [0.5, 0.6) is 0 Å². The molecule has 0 amide bonds. The Bertz CT molecular complexity index is 221. The van der Waals surface area contributed by atoms with Crippen LogP contribution >= 0.6 is 0 Å². The second kappa shape index (κ2) is 8.97. The molecule has 0 heterocycles. The van der Waals surface area contributed by atoms with Crippen LogP contribution in [-0.2, 0) is 4.74 Å². The maximum atomic E-state index is 6.49. The van der Waals surface area contributed by atoms with Crippen LogP contribution in [0.2, 0.25) is 0 Å². The van der Waals surface area contributed by atoms with Crippen LogP contribution in [0.1, 0.15) is 78.6 Å². The number of hydrogen-bond donors (Lipinski definition) is 1. The second-order valence-corrected chi connectivity index (χ2v) is 6.67. The summed E-state index contributed by atoms with van der Waals surface area (Å²) in [7, 11) is 2.05. The summed E-state index contributed by atoms with van der Waals surface area (Å²) in [5.74, 6) is 0.883. The summed E-state index contributed by atoms with van der Waals surface area (Å²) in [6.45, 7) is 7.92. The Labute approximate surface area is 120 Å². The number of unbranched alkanes of at least 4 members (excludes halogenated alkanes) is 3. The highest BCUT2D eigenvalue weighted by Crippen LogP contribution is 2.35. The van der Waals surface area contributed by atoms with Crippen molar-refractivity contribution in [3.05, 3.63) is 0 Å². The van der Waals surface area contributed by atoms with Gasteiger partial charge in [0.15, 0.2) is 0 Å². The fourth-order valence-corrected chi connectivity index (χ4v) is 3.29. The maximum absolute atomic E-state index is 6.49. The van der Waals surface area contributed by atoms with E-state index in [4.69, 9.17) is 4.74 Å². The van der Waals surface area contributed by atoms with E-state index in [0.29, 0.717) is 6.10 Å². The lowest BCUT2D eigenvalue weighted by Crippen LogP contribution is -2.46. The van der Waals surface area contributed by atoms with Gasteiger partial charge in [-0.1, -0.05) is 39.5 Å². The largest absolute Gasteiger partial charge is 0.371 e. The zero-order valence-corrected chi connectivity index (χ0v) is 13.6. The van der Waals surface area contributed by atoms with Gasteiger partial charge in [0.2, 0.25) is 0 Å². The zero-order valence-electron chi connectivity index (χ0n) is 13.6. The fourth-order valence-electron chi connectivity index (χ4n) is 3.29. The first-order valence-corrected chi connectivity index (χ1v) is 8.44. The molecule has 1 unspecified atom stereocenters. The SMILES string of the molecule is CCCCCCC(C)OC1(CNC)CCC(C)CC1. The van der Waals surface area contributed by atoms with Gasteiger partial charge < -0.3 is 10.1 Å². The number of ether oxygens (including phenoxy) is 1. The topological polar surface area (TPSA) is 21.3 Å². The van der Waals surface area contributed by atoms with Gasteiger partial charge in [0.1, 0.15) is 0 Å². The molecule has 0 aliphatic heterocycles. The van der Waals surface area contributed by atoms with Crippen molar-refractivity contribution in [2.75, 3.05) is 13.6 Å². The van der Waals surface area contributed by atoms with E-state index in [2.05, 4.69) is 33.1 Å². The van der Waals surface area contributed by atoms with E-state index < -0.39 is 0 Å². The molecular formula is C17H35NO. The third-order valence-electron chi connectivity index (χ3n) is 4.60. The predicted octanol–water partition coefficient (Wildman–Crippen LogP) is 4.53. The van der Waals surface area contributed by atoms with Gasteiger partial charge in [-0.15, -0.1) is 0 Å². The second-order valence-electron chi connectivity index (χ2n) is 6.67. The van der Waals surface area contributed by atoms with Crippen LogP contribution in [0.4, 0.5) is 0 Å². The Kier molecular flexibility index (Phi) is 8.01. The van der Waals surface area contributed by atoms with Crippen LogP contribution in [0.15, 0.2) is 0 Å². The molecule has 1 aliphatic rings. The summed E-state index contributed by atoms with van der Waals surface area (Å²) in [5.41, 5.74) is 0.117. The van der Waals surface area contributed by atoms with Crippen LogP contribution in [0, 0.1) is 5.92 Å². The normalized spacial score (nSPS) is 29.4. The van der Waals surface area contributed by atoms with Crippen molar-refractivity contribution in [3.63, 3.8) is 0 Å². The summed E-state index contributed by atoms with van der Waals surface area (Å²) in [6.07, 6.45) is 12.1. The monoisotopic (exact) mass is 269 g/mol. The molecule has 0 saturated heterocycles. The lowest BCUT2D eigenvalue weighted by Gasteiger charge is -2.41. The first-order valence-electron chi connectivity index (χ1n) is 8.44. The molecule has 1 saturated carbocycles. The summed E-state index contributed by atoms with van der Waals surface area (Å²) >= 11 is 0.